The highest BCUT2D eigenvalue weighted by Crippen LogP contribution is 2.09. The summed E-state index contributed by atoms with van der Waals surface area (Å²) in [4.78, 5) is 11.7. The van der Waals surface area contributed by atoms with E-state index in [2.05, 4.69) is 15.5 Å². The van der Waals surface area contributed by atoms with Crippen molar-refractivity contribution in [1.82, 2.24) is 20.1 Å². The van der Waals surface area contributed by atoms with Crippen LogP contribution in [0.5, 0.6) is 0 Å². The van der Waals surface area contributed by atoms with Crippen molar-refractivity contribution in [2.45, 2.75) is 20.3 Å². The minimum atomic E-state index is -0.588. The molecule has 1 aromatic rings. The summed E-state index contributed by atoms with van der Waals surface area (Å²) in [5.74, 6) is 0.0253. The number of aryl methyl sites for hydroxylation is 1. The third-order valence-corrected chi connectivity index (χ3v) is 2.54. The van der Waals surface area contributed by atoms with Gasteiger partial charge in [-0.3, -0.25) is 4.79 Å². The fraction of sp³-hybridized carbons (Fsp3) is 0.636. The van der Waals surface area contributed by atoms with Crippen molar-refractivity contribution in [2.24, 2.45) is 18.9 Å². The highest BCUT2D eigenvalue weighted by atomic mass is 16.1. The topological polar surface area (TPSA) is 83.6 Å². The van der Waals surface area contributed by atoms with E-state index in [-0.39, 0.29) is 11.8 Å². The summed E-state index contributed by atoms with van der Waals surface area (Å²) < 4.78 is 1.80. The molecule has 6 heteroatoms. The molecule has 1 rings (SSSR count). The Kier molecular flexibility index (Phi) is 4.64. The maximum atomic E-state index is 11.7. The molecule has 0 aliphatic heterocycles. The van der Waals surface area contributed by atoms with E-state index < -0.39 is 5.92 Å². The van der Waals surface area contributed by atoms with E-state index >= 15 is 0 Å². The summed E-state index contributed by atoms with van der Waals surface area (Å²) in [5.41, 5.74) is 0. The van der Waals surface area contributed by atoms with Crippen molar-refractivity contribution in [2.75, 3.05) is 6.54 Å². The molecule has 0 bridgehead atoms. The molecule has 0 spiro atoms. The van der Waals surface area contributed by atoms with E-state index in [1.54, 1.807) is 10.9 Å². The van der Waals surface area contributed by atoms with Crippen LogP contribution in [0.4, 0.5) is 0 Å². The number of hydrogen-bond donors (Lipinski definition) is 1. The van der Waals surface area contributed by atoms with Gasteiger partial charge in [-0.2, -0.15) is 5.26 Å². The third kappa shape index (κ3) is 3.55. The first kappa shape index (κ1) is 13.2. The highest BCUT2D eigenvalue weighted by molar-refractivity contribution is 5.81. The van der Waals surface area contributed by atoms with Crippen molar-refractivity contribution in [3.05, 3.63) is 12.2 Å². The second kappa shape index (κ2) is 5.99. The van der Waals surface area contributed by atoms with E-state index in [1.165, 1.54) is 0 Å². The zero-order valence-electron chi connectivity index (χ0n) is 10.3. The number of amides is 1. The molecule has 0 aliphatic carbocycles. The van der Waals surface area contributed by atoms with Crippen LogP contribution in [0.15, 0.2) is 6.33 Å². The predicted octanol–water partition coefficient (Wildman–Crippen LogP) is 0.270. The zero-order valence-corrected chi connectivity index (χ0v) is 10.3. The molecule has 1 N–H and O–H groups in total. The summed E-state index contributed by atoms with van der Waals surface area (Å²) in [5, 5.41) is 19.3. The molecule has 0 aromatic carbocycles. The highest BCUT2D eigenvalue weighted by Gasteiger charge is 2.20. The molecule has 1 atom stereocenters. The number of carbonyl (C=O) groups excluding carboxylic acids is 1. The Morgan fingerprint density at radius 3 is 2.82 bits per heavy atom. The van der Waals surface area contributed by atoms with Crippen molar-refractivity contribution >= 4 is 5.91 Å². The van der Waals surface area contributed by atoms with Crippen molar-refractivity contribution in [3.8, 4) is 6.07 Å². The molecular formula is C11H17N5O. The maximum absolute atomic E-state index is 11.7. The molecule has 0 aliphatic rings. The SMILES string of the molecule is CC(C)C(C#N)C(=O)NCCc1nncn1C. The molecule has 0 fully saturated rings. The number of aromatic nitrogens is 3. The van der Waals surface area contributed by atoms with E-state index in [9.17, 15) is 4.79 Å². The van der Waals surface area contributed by atoms with Gasteiger partial charge in [0, 0.05) is 20.0 Å². The first-order valence-corrected chi connectivity index (χ1v) is 5.56. The number of rotatable bonds is 5. The molecule has 92 valence electrons. The number of carbonyl (C=O) groups is 1. The van der Waals surface area contributed by atoms with Crippen LogP contribution in [0.3, 0.4) is 0 Å². The first-order valence-electron chi connectivity index (χ1n) is 5.56. The number of nitrogens with one attached hydrogen (secondary N) is 1. The van der Waals surface area contributed by atoms with E-state index in [4.69, 9.17) is 5.26 Å². The molecule has 6 nitrogen and oxygen atoms in total. The Bertz CT molecular complexity index is 418. The van der Waals surface area contributed by atoms with Crippen molar-refractivity contribution in [3.63, 3.8) is 0 Å². The monoisotopic (exact) mass is 235 g/mol. The summed E-state index contributed by atoms with van der Waals surface area (Å²) in [6.45, 7) is 4.18. The summed E-state index contributed by atoms with van der Waals surface area (Å²) >= 11 is 0. The zero-order chi connectivity index (χ0) is 12.8. The molecule has 1 amide bonds. The van der Waals surface area contributed by atoms with Gasteiger partial charge in [-0.15, -0.1) is 10.2 Å². The predicted molar refractivity (Wildman–Crippen MR) is 61.7 cm³/mol. The van der Waals surface area contributed by atoms with E-state index in [1.807, 2.05) is 27.0 Å². The third-order valence-electron chi connectivity index (χ3n) is 2.54. The number of nitrogens with zero attached hydrogens (tertiary/aromatic N) is 4. The quantitative estimate of drug-likeness (QED) is 0.794. The molecule has 1 heterocycles. The summed E-state index contributed by atoms with van der Waals surface area (Å²) in [7, 11) is 1.85. The van der Waals surface area contributed by atoms with Gasteiger partial charge in [-0.25, -0.2) is 0 Å². The number of hydrogen-bond acceptors (Lipinski definition) is 4. The Balaban J connectivity index is 2.39. The fourth-order valence-electron chi connectivity index (χ4n) is 1.45. The van der Waals surface area contributed by atoms with Crippen LogP contribution in [-0.4, -0.2) is 27.2 Å². The van der Waals surface area contributed by atoms with Gasteiger partial charge in [-0.05, 0) is 5.92 Å². The maximum Gasteiger partial charge on any atom is 0.237 e. The standard InChI is InChI=1S/C11H17N5O/c1-8(2)9(6-12)11(17)13-5-4-10-15-14-7-16(10)3/h7-9H,4-5H2,1-3H3,(H,13,17). The Morgan fingerprint density at radius 2 is 2.35 bits per heavy atom. The summed E-state index contributed by atoms with van der Waals surface area (Å²) in [6, 6.07) is 2.01. The Hall–Kier alpha value is -1.90. The molecule has 0 saturated heterocycles. The lowest BCUT2D eigenvalue weighted by Crippen LogP contribution is -2.34. The fourth-order valence-corrected chi connectivity index (χ4v) is 1.45. The van der Waals surface area contributed by atoms with E-state index in [0.29, 0.717) is 13.0 Å². The molecule has 1 aromatic heterocycles. The van der Waals surface area contributed by atoms with Crippen LogP contribution < -0.4 is 5.32 Å². The normalized spacial score (nSPS) is 12.2. The molecule has 17 heavy (non-hydrogen) atoms. The van der Waals surface area contributed by atoms with Crippen molar-refractivity contribution in [1.29, 1.82) is 5.26 Å². The van der Waals surface area contributed by atoms with Crippen LogP contribution in [0.1, 0.15) is 19.7 Å². The van der Waals surface area contributed by atoms with Gasteiger partial charge in [0.2, 0.25) is 5.91 Å². The average molecular weight is 235 g/mol. The van der Waals surface area contributed by atoms with Crippen LogP contribution in [-0.2, 0) is 18.3 Å². The summed E-state index contributed by atoms with van der Waals surface area (Å²) in [6.07, 6.45) is 2.22. The Morgan fingerprint density at radius 1 is 1.65 bits per heavy atom. The number of nitriles is 1. The van der Waals surface area contributed by atoms with Gasteiger partial charge in [0.25, 0.3) is 0 Å². The van der Waals surface area contributed by atoms with Gasteiger partial charge in [-0.1, -0.05) is 13.8 Å². The van der Waals surface area contributed by atoms with E-state index in [0.717, 1.165) is 5.82 Å². The molecular weight excluding hydrogens is 218 g/mol. The Labute approximate surface area is 101 Å². The second-order valence-corrected chi connectivity index (χ2v) is 4.25. The lowest BCUT2D eigenvalue weighted by atomic mass is 9.97. The van der Waals surface area contributed by atoms with Crippen LogP contribution >= 0.6 is 0 Å². The molecule has 0 saturated carbocycles. The average Bonchev–Trinajstić information content (AvgIpc) is 2.65. The van der Waals surface area contributed by atoms with Crippen LogP contribution in [0.2, 0.25) is 0 Å². The van der Waals surface area contributed by atoms with Gasteiger partial charge >= 0.3 is 0 Å². The van der Waals surface area contributed by atoms with Crippen LogP contribution in [0, 0.1) is 23.2 Å². The minimum Gasteiger partial charge on any atom is -0.355 e. The second-order valence-electron chi connectivity index (χ2n) is 4.25. The largest absolute Gasteiger partial charge is 0.355 e. The minimum absolute atomic E-state index is 0.0230. The lowest BCUT2D eigenvalue weighted by molar-refractivity contribution is -0.124. The molecule has 1 unspecified atom stereocenters. The van der Waals surface area contributed by atoms with Gasteiger partial charge in [0.05, 0.1) is 6.07 Å². The smallest absolute Gasteiger partial charge is 0.237 e. The van der Waals surface area contributed by atoms with Crippen LogP contribution in [0.25, 0.3) is 0 Å². The van der Waals surface area contributed by atoms with Gasteiger partial charge < -0.3 is 9.88 Å². The van der Waals surface area contributed by atoms with Crippen molar-refractivity contribution < 1.29 is 4.79 Å². The van der Waals surface area contributed by atoms with Gasteiger partial charge in [0.1, 0.15) is 18.1 Å². The molecule has 0 radical (unpaired) electrons. The lowest BCUT2D eigenvalue weighted by Gasteiger charge is -2.12. The van der Waals surface area contributed by atoms with Gasteiger partial charge in [0.15, 0.2) is 0 Å². The first-order chi connectivity index (χ1) is 8.06.